The van der Waals surface area contributed by atoms with Crippen LogP contribution < -0.4 is 5.73 Å². The maximum atomic E-state index is 13.2. The molecule has 3 aromatic heterocycles. The van der Waals surface area contributed by atoms with Gasteiger partial charge in [0.15, 0.2) is 14.1 Å². The van der Waals surface area contributed by atoms with Gasteiger partial charge < -0.3 is 14.7 Å². The monoisotopic (exact) mass is 451 g/mol. The Morgan fingerprint density at radius 1 is 1.19 bits per heavy atom. The molecule has 0 amide bonds. The summed E-state index contributed by atoms with van der Waals surface area (Å²) in [6, 6.07) is 3.59. The first-order valence-electron chi connectivity index (χ1n) is 11.3. The molecule has 0 unspecified atom stereocenters. The van der Waals surface area contributed by atoms with Crippen molar-refractivity contribution in [2.24, 2.45) is 0 Å². The minimum absolute atomic E-state index is 0.0902. The van der Waals surface area contributed by atoms with Crippen molar-refractivity contribution in [2.45, 2.75) is 76.7 Å². The van der Waals surface area contributed by atoms with Gasteiger partial charge in [-0.15, -0.1) is 0 Å². The van der Waals surface area contributed by atoms with E-state index < -0.39 is 8.32 Å². The maximum absolute atomic E-state index is 13.2. The zero-order valence-electron chi connectivity index (χ0n) is 19.6. The smallest absolute Gasteiger partial charge is 0.195 e. The Morgan fingerprint density at radius 2 is 1.91 bits per heavy atom. The molecule has 1 aliphatic carbocycles. The molecule has 0 atom stereocenters. The van der Waals surface area contributed by atoms with Gasteiger partial charge in [0.25, 0.3) is 0 Å². The number of nitrogens with two attached hydrogens (primary N) is 1. The number of carbonyl (C=O) groups is 1. The Labute approximate surface area is 190 Å². The van der Waals surface area contributed by atoms with Crippen LogP contribution in [0.25, 0.3) is 11.0 Å². The van der Waals surface area contributed by atoms with Gasteiger partial charge in [0.05, 0.1) is 5.56 Å². The molecule has 7 nitrogen and oxygen atoms in total. The molecule has 0 aromatic carbocycles. The summed E-state index contributed by atoms with van der Waals surface area (Å²) >= 11 is 0. The van der Waals surface area contributed by atoms with E-state index in [4.69, 9.17) is 10.2 Å². The van der Waals surface area contributed by atoms with E-state index in [-0.39, 0.29) is 16.9 Å². The Bertz CT molecular complexity index is 1130. The summed E-state index contributed by atoms with van der Waals surface area (Å²) in [7, 11) is -1.78. The first-order chi connectivity index (χ1) is 15.1. The van der Waals surface area contributed by atoms with Crippen molar-refractivity contribution in [1.29, 1.82) is 0 Å². The van der Waals surface area contributed by atoms with Crippen LogP contribution in [0.5, 0.6) is 0 Å². The third kappa shape index (κ3) is 4.34. The van der Waals surface area contributed by atoms with Crippen LogP contribution in [0.1, 0.15) is 68.4 Å². The molecule has 0 radical (unpaired) electrons. The number of rotatable bonds is 5. The second-order valence-corrected chi connectivity index (χ2v) is 15.1. The molecule has 1 saturated carbocycles. The molecule has 3 heterocycles. The maximum Gasteiger partial charge on any atom is 0.195 e. The van der Waals surface area contributed by atoms with Crippen molar-refractivity contribution >= 4 is 31.0 Å². The molecule has 8 heteroatoms. The molecular formula is C24H33N5O2Si. The van der Waals surface area contributed by atoms with Gasteiger partial charge in [-0.3, -0.25) is 4.79 Å². The van der Waals surface area contributed by atoms with Crippen LogP contribution in [0.3, 0.4) is 0 Å². The number of hydrogen-bond donors (Lipinski definition) is 1. The number of nitrogen functional groups attached to an aromatic ring is 1. The largest absolute Gasteiger partial charge is 0.414 e. The van der Waals surface area contributed by atoms with Crippen molar-refractivity contribution in [3.05, 3.63) is 48.2 Å². The highest BCUT2D eigenvalue weighted by molar-refractivity contribution is 6.74. The number of pyridine rings is 1. The molecule has 170 valence electrons. The first kappa shape index (κ1) is 22.6. The molecule has 0 saturated heterocycles. The van der Waals surface area contributed by atoms with Gasteiger partial charge in [-0.05, 0) is 55.9 Å². The van der Waals surface area contributed by atoms with Gasteiger partial charge in [-0.1, -0.05) is 20.8 Å². The minimum atomic E-state index is -1.78. The number of hydrogen-bond acceptors (Lipinski definition) is 6. The van der Waals surface area contributed by atoms with E-state index in [1.807, 2.05) is 6.20 Å². The predicted octanol–water partition coefficient (Wildman–Crippen LogP) is 5.15. The number of aromatic nitrogens is 4. The van der Waals surface area contributed by atoms with Gasteiger partial charge in [0.1, 0.15) is 17.8 Å². The third-order valence-corrected chi connectivity index (χ3v) is 11.6. The molecule has 0 spiro atoms. The standard InChI is InChI=1S/C24H33N5O2Si/c1-24(2,3)32(4,5)31-18-8-6-17(7-9-18)29-14-20(19-13-26-15-28-23(19)29)22(30)16-10-11-27-21(25)12-16/h10-15,17-18H,6-9H2,1-5H3,(H2,25,27)/t17-,18+. The molecule has 1 aliphatic rings. The quantitative estimate of drug-likeness (QED) is 0.426. The van der Waals surface area contributed by atoms with Gasteiger partial charge >= 0.3 is 0 Å². The van der Waals surface area contributed by atoms with Gasteiger partial charge in [0.2, 0.25) is 0 Å². The van der Waals surface area contributed by atoms with Crippen LogP contribution in [0, 0.1) is 0 Å². The Hall–Kier alpha value is -2.58. The lowest BCUT2D eigenvalue weighted by atomic mass is 9.93. The lowest BCUT2D eigenvalue weighted by Gasteiger charge is -2.41. The summed E-state index contributed by atoms with van der Waals surface area (Å²) in [4.78, 5) is 25.9. The third-order valence-electron chi connectivity index (χ3n) is 7.09. The summed E-state index contributed by atoms with van der Waals surface area (Å²) in [5.41, 5.74) is 7.72. The fourth-order valence-corrected chi connectivity index (χ4v) is 5.65. The number of carbonyl (C=O) groups excluding carboxylic acids is 1. The zero-order chi connectivity index (χ0) is 23.1. The SMILES string of the molecule is CC(C)(C)[Si](C)(C)O[C@H]1CC[C@@H](n2cc(C(=O)c3ccnc(N)c3)c3cncnc32)CC1. The molecule has 0 aliphatic heterocycles. The van der Waals surface area contributed by atoms with Crippen LogP contribution in [0.4, 0.5) is 5.82 Å². The first-order valence-corrected chi connectivity index (χ1v) is 14.2. The van der Waals surface area contributed by atoms with E-state index in [9.17, 15) is 4.79 Å². The fourth-order valence-electron chi connectivity index (χ4n) is 4.23. The number of nitrogens with zero attached hydrogens (tertiary/aromatic N) is 4. The van der Waals surface area contributed by atoms with Crippen LogP contribution in [-0.4, -0.2) is 39.7 Å². The van der Waals surface area contributed by atoms with Gasteiger partial charge in [-0.2, -0.15) is 0 Å². The molecule has 3 aromatic rings. The second-order valence-electron chi connectivity index (χ2n) is 10.3. The van der Waals surface area contributed by atoms with Crippen molar-refractivity contribution in [1.82, 2.24) is 19.5 Å². The molecule has 2 N–H and O–H groups in total. The Morgan fingerprint density at radius 3 is 2.56 bits per heavy atom. The van der Waals surface area contributed by atoms with Gasteiger partial charge in [0, 0.05) is 41.7 Å². The predicted molar refractivity (Wildman–Crippen MR) is 129 cm³/mol. The summed E-state index contributed by atoms with van der Waals surface area (Å²) in [6.07, 6.45) is 11.1. The normalized spacial score (nSPS) is 19.9. The molecule has 4 rings (SSSR count). The van der Waals surface area contributed by atoms with Crippen molar-refractivity contribution in [3.8, 4) is 0 Å². The minimum Gasteiger partial charge on any atom is -0.414 e. The number of fused-ring (bicyclic) bond motifs is 1. The second kappa shape index (κ2) is 8.40. The van der Waals surface area contributed by atoms with Crippen molar-refractivity contribution in [3.63, 3.8) is 0 Å². The molecular weight excluding hydrogens is 418 g/mol. The zero-order valence-corrected chi connectivity index (χ0v) is 20.6. The van der Waals surface area contributed by atoms with E-state index in [2.05, 4.69) is 53.4 Å². The Balaban J connectivity index is 1.57. The molecule has 0 bridgehead atoms. The van der Waals surface area contributed by atoms with Crippen molar-refractivity contribution in [2.75, 3.05) is 5.73 Å². The summed E-state index contributed by atoms with van der Waals surface area (Å²) in [5, 5.41) is 0.982. The highest BCUT2D eigenvalue weighted by Crippen LogP contribution is 2.41. The summed E-state index contributed by atoms with van der Waals surface area (Å²) < 4.78 is 8.82. The average molecular weight is 452 g/mol. The van der Waals surface area contributed by atoms with E-state index in [0.29, 0.717) is 23.0 Å². The van der Waals surface area contributed by atoms with Gasteiger partial charge in [-0.25, -0.2) is 15.0 Å². The van der Waals surface area contributed by atoms with Crippen molar-refractivity contribution < 1.29 is 9.22 Å². The van der Waals surface area contributed by atoms with Crippen LogP contribution in [0.15, 0.2) is 37.1 Å². The van der Waals surface area contributed by atoms with E-state index in [0.717, 1.165) is 36.7 Å². The highest BCUT2D eigenvalue weighted by atomic mass is 28.4. The molecule has 1 fully saturated rings. The fraction of sp³-hybridized carbons (Fsp3) is 0.500. The number of ketones is 1. The summed E-state index contributed by atoms with van der Waals surface area (Å²) in [5.74, 6) is 0.239. The number of anilines is 1. The van der Waals surface area contributed by atoms with Crippen LogP contribution in [0.2, 0.25) is 18.1 Å². The van der Waals surface area contributed by atoms with Crippen LogP contribution in [-0.2, 0) is 4.43 Å². The molecule has 32 heavy (non-hydrogen) atoms. The summed E-state index contributed by atoms with van der Waals surface area (Å²) in [6.45, 7) is 11.5. The van der Waals surface area contributed by atoms with E-state index >= 15 is 0 Å². The van der Waals surface area contributed by atoms with Crippen LogP contribution >= 0.6 is 0 Å². The van der Waals surface area contributed by atoms with E-state index in [1.54, 1.807) is 30.9 Å². The topological polar surface area (TPSA) is 95.9 Å². The Kier molecular flexibility index (Phi) is 5.94. The highest BCUT2D eigenvalue weighted by Gasteiger charge is 2.40. The lowest BCUT2D eigenvalue weighted by molar-refractivity contribution is 0.103. The van der Waals surface area contributed by atoms with E-state index in [1.165, 1.54) is 0 Å². The average Bonchev–Trinajstić information content (AvgIpc) is 3.12. The lowest BCUT2D eigenvalue weighted by Crippen LogP contribution is -2.44.